The lowest BCUT2D eigenvalue weighted by atomic mass is 10.3. The molecule has 1 atom stereocenters. The van der Waals surface area contributed by atoms with Crippen molar-refractivity contribution in [2.45, 2.75) is 20.0 Å². The van der Waals surface area contributed by atoms with Crippen molar-refractivity contribution < 1.29 is 23.7 Å². The third kappa shape index (κ3) is 8.27. The molecule has 0 heterocycles. The van der Waals surface area contributed by atoms with E-state index < -0.39 is 18.2 Å². The molecule has 0 aromatic heterocycles. The summed E-state index contributed by atoms with van der Waals surface area (Å²) >= 11 is 0. The molecule has 0 spiro atoms. The predicted molar refractivity (Wildman–Crippen MR) is 62.9 cm³/mol. The van der Waals surface area contributed by atoms with Crippen LogP contribution in [0.5, 0.6) is 0 Å². The predicted octanol–water partition coefficient (Wildman–Crippen LogP) is 0.842. The van der Waals surface area contributed by atoms with E-state index in [4.69, 9.17) is 9.47 Å². The Labute approximate surface area is 102 Å². The van der Waals surface area contributed by atoms with Crippen LogP contribution < -0.4 is 5.43 Å². The van der Waals surface area contributed by atoms with Crippen molar-refractivity contribution in [1.29, 1.82) is 0 Å². The van der Waals surface area contributed by atoms with Crippen LogP contribution in [0.25, 0.3) is 0 Å². The summed E-state index contributed by atoms with van der Waals surface area (Å²) in [7, 11) is 5.35. The summed E-state index contributed by atoms with van der Waals surface area (Å²) in [5.74, 6) is -0.492. The Hall–Kier alpha value is -1.56. The topological polar surface area (TPSA) is 64.6 Å². The molecule has 0 aromatic rings. The molecular formula is C11H21N2O4+. The van der Waals surface area contributed by atoms with E-state index in [2.05, 4.69) is 12.0 Å². The lowest BCUT2D eigenvalue weighted by molar-refractivity contribution is -0.906. The highest BCUT2D eigenvalue weighted by Crippen LogP contribution is 1.99. The van der Waals surface area contributed by atoms with Gasteiger partial charge in [0.25, 0.3) is 0 Å². The first-order valence-corrected chi connectivity index (χ1v) is 5.25. The zero-order valence-electron chi connectivity index (χ0n) is 11.1. The van der Waals surface area contributed by atoms with Gasteiger partial charge in [-0.2, -0.15) is 5.43 Å². The molecule has 0 aromatic carbocycles. The van der Waals surface area contributed by atoms with Crippen LogP contribution >= 0.6 is 0 Å². The summed E-state index contributed by atoms with van der Waals surface area (Å²) in [6, 6.07) is 0. The number of nitrogens with one attached hydrogen (secondary N) is 1. The van der Waals surface area contributed by atoms with Crippen molar-refractivity contribution in [2.75, 3.05) is 27.7 Å². The fraction of sp³-hybridized carbons (Fsp3) is 0.636. The molecule has 98 valence electrons. The van der Waals surface area contributed by atoms with Crippen LogP contribution in [-0.2, 0) is 14.3 Å². The van der Waals surface area contributed by atoms with Crippen LogP contribution in [0.3, 0.4) is 0 Å². The van der Waals surface area contributed by atoms with Crippen LogP contribution in [0.15, 0.2) is 12.2 Å². The molecule has 0 rings (SSSR count). The fourth-order valence-corrected chi connectivity index (χ4v) is 0.817. The Bertz CT molecular complexity index is 307. The highest BCUT2D eigenvalue weighted by Gasteiger charge is 2.16. The van der Waals surface area contributed by atoms with Gasteiger partial charge in [-0.15, -0.1) is 0 Å². The van der Waals surface area contributed by atoms with E-state index >= 15 is 0 Å². The number of amides is 1. The van der Waals surface area contributed by atoms with Crippen molar-refractivity contribution in [3.63, 3.8) is 0 Å². The van der Waals surface area contributed by atoms with Crippen LogP contribution in [-0.4, -0.2) is 50.5 Å². The van der Waals surface area contributed by atoms with Crippen molar-refractivity contribution in [3.8, 4) is 0 Å². The second kappa shape index (κ2) is 6.24. The van der Waals surface area contributed by atoms with E-state index in [0.717, 1.165) is 0 Å². The molecule has 0 saturated heterocycles. The lowest BCUT2D eigenvalue weighted by Crippen LogP contribution is -2.51. The Morgan fingerprint density at radius 2 is 1.88 bits per heavy atom. The van der Waals surface area contributed by atoms with Gasteiger partial charge in [0.15, 0.2) is 0 Å². The molecule has 0 bridgehead atoms. The fourth-order valence-electron chi connectivity index (χ4n) is 0.817. The van der Waals surface area contributed by atoms with Gasteiger partial charge in [-0.1, -0.05) is 6.58 Å². The first-order chi connectivity index (χ1) is 7.61. The monoisotopic (exact) mass is 245 g/mol. The van der Waals surface area contributed by atoms with Crippen molar-refractivity contribution in [3.05, 3.63) is 12.2 Å². The molecule has 1 N–H and O–H groups in total. The summed E-state index contributed by atoms with van der Waals surface area (Å²) in [5, 5.41) is 0. The number of ether oxygens (including phenoxy) is 2. The van der Waals surface area contributed by atoms with E-state index in [0.29, 0.717) is 5.57 Å². The van der Waals surface area contributed by atoms with Gasteiger partial charge in [-0.25, -0.2) is 14.2 Å². The SMILES string of the molecule is C=C(C)C(=O)OC(C)COC(=O)N[N+](C)(C)C. The van der Waals surface area contributed by atoms with E-state index in [1.165, 1.54) is 0 Å². The minimum Gasteiger partial charge on any atom is -0.456 e. The van der Waals surface area contributed by atoms with Gasteiger partial charge < -0.3 is 9.47 Å². The van der Waals surface area contributed by atoms with Crippen molar-refractivity contribution in [2.24, 2.45) is 0 Å². The van der Waals surface area contributed by atoms with E-state index in [1.807, 2.05) is 0 Å². The largest absolute Gasteiger partial charge is 0.456 e. The number of hydrogen-bond acceptors (Lipinski definition) is 4. The average Bonchev–Trinajstić information content (AvgIpc) is 2.11. The van der Waals surface area contributed by atoms with Crippen molar-refractivity contribution in [1.82, 2.24) is 5.43 Å². The zero-order chi connectivity index (χ0) is 13.6. The number of hydrogen-bond donors (Lipinski definition) is 1. The van der Waals surface area contributed by atoms with Gasteiger partial charge in [0, 0.05) is 5.57 Å². The van der Waals surface area contributed by atoms with E-state index in [9.17, 15) is 9.59 Å². The number of carbonyl (C=O) groups is 2. The van der Waals surface area contributed by atoms with Crippen LogP contribution in [0, 0.1) is 0 Å². The summed E-state index contributed by atoms with van der Waals surface area (Å²) in [6.45, 7) is 6.65. The second-order valence-electron chi connectivity index (χ2n) is 4.72. The normalized spacial score (nSPS) is 12.5. The molecule has 0 aliphatic heterocycles. The average molecular weight is 245 g/mol. The molecule has 0 radical (unpaired) electrons. The minimum absolute atomic E-state index is 0.00481. The Kier molecular flexibility index (Phi) is 5.67. The Balaban J connectivity index is 3.92. The first kappa shape index (κ1) is 15.4. The molecule has 0 saturated carbocycles. The summed E-state index contributed by atoms with van der Waals surface area (Å²) in [6.07, 6.45) is -1.06. The quantitative estimate of drug-likeness (QED) is 0.337. The molecule has 0 fully saturated rings. The number of carbonyl (C=O) groups excluding carboxylic acids is 2. The van der Waals surface area contributed by atoms with Crippen molar-refractivity contribution >= 4 is 12.1 Å². The Morgan fingerprint density at radius 1 is 1.35 bits per heavy atom. The standard InChI is InChI=1S/C11H20N2O4/c1-8(2)10(14)17-9(3)7-16-11(15)12-13(4,5)6/h9H,1,7H2,2-6H3/p+1. The molecule has 17 heavy (non-hydrogen) atoms. The van der Waals surface area contributed by atoms with Crippen LogP contribution in [0.1, 0.15) is 13.8 Å². The number of esters is 1. The third-order valence-electron chi connectivity index (χ3n) is 1.53. The molecule has 0 aliphatic carbocycles. The lowest BCUT2D eigenvalue weighted by Gasteiger charge is -2.23. The zero-order valence-corrected chi connectivity index (χ0v) is 11.1. The van der Waals surface area contributed by atoms with Gasteiger partial charge in [0.1, 0.15) is 12.7 Å². The maximum Gasteiger partial charge on any atom is 0.452 e. The molecule has 6 nitrogen and oxygen atoms in total. The third-order valence-corrected chi connectivity index (χ3v) is 1.53. The Morgan fingerprint density at radius 3 is 2.29 bits per heavy atom. The molecule has 0 aliphatic rings. The molecule has 6 heteroatoms. The number of rotatable bonds is 5. The molecule has 1 amide bonds. The van der Waals surface area contributed by atoms with Crippen LogP contribution in [0.4, 0.5) is 4.79 Å². The van der Waals surface area contributed by atoms with Gasteiger partial charge in [-0.3, -0.25) is 0 Å². The summed E-state index contributed by atoms with van der Waals surface area (Å²) in [5.41, 5.74) is 2.88. The van der Waals surface area contributed by atoms with Crippen LogP contribution in [0.2, 0.25) is 0 Å². The van der Waals surface area contributed by atoms with E-state index in [1.54, 1.807) is 35.0 Å². The molecular weight excluding hydrogens is 224 g/mol. The second-order valence-corrected chi connectivity index (χ2v) is 4.72. The van der Waals surface area contributed by atoms with Gasteiger partial charge >= 0.3 is 12.1 Å². The molecule has 1 unspecified atom stereocenters. The maximum atomic E-state index is 11.3. The van der Waals surface area contributed by atoms with Gasteiger partial charge in [-0.05, 0) is 13.8 Å². The first-order valence-electron chi connectivity index (χ1n) is 5.25. The summed E-state index contributed by atoms with van der Waals surface area (Å²) < 4.78 is 10.1. The van der Waals surface area contributed by atoms with E-state index in [-0.39, 0.29) is 11.2 Å². The maximum absolute atomic E-state index is 11.3. The van der Waals surface area contributed by atoms with Gasteiger partial charge in [0.05, 0.1) is 21.1 Å². The minimum atomic E-state index is -0.560. The number of nitrogens with zero attached hydrogens (tertiary/aromatic N) is 1. The smallest absolute Gasteiger partial charge is 0.452 e. The van der Waals surface area contributed by atoms with Gasteiger partial charge in [0.2, 0.25) is 0 Å². The highest BCUT2D eigenvalue weighted by molar-refractivity contribution is 5.87. The summed E-state index contributed by atoms with van der Waals surface area (Å²) in [4.78, 5) is 22.4. The highest BCUT2D eigenvalue weighted by atomic mass is 16.6. The number of quaternary nitrogens is 1.